The maximum Gasteiger partial charge on any atom is 0.157 e. The highest BCUT2D eigenvalue weighted by Gasteiger charge is 2.19. The zero-order chi connectivity index (χ0) is 17.5. The first-order valence-corrected chi connectivity index (χ1v) is 9.59. The smallest absolute Gasteiger partial charge is 0.157 e. The van der Waals surface area contributed by atoms with Gasteiger partial charge in [-0.3, -0.25) is 0 Å². The summed E-state index contributed by atoms with van der Waals surface area (Å²) in [5.41, 5.74) is 7.16. The molecule has 1 saturated carbocycles. The van der Waals surface area contributed by atoms with Gasteiger partial charge in [-0.15, -0.1) is 0 Å². The standard InChI is InChI=1S/C19H35N5/c1-14(2)11-24(12-15(3)4)19-17(20)18(21-13-22-19)23-16-9-7-5-6-8-10-16/h13-16H,5-12,20H2,1-4H3,(H,21,22,23). The van der Waals surface area contributed by atoms with E-state index >= 15 is 0 Å². The van der Waals surface area contributed by atoms with Gasteiger partial charge in [0.1, 0.15) is 12.0 Å². The molecule has 3 N–H and O–H groups in total. The van der Waals surface area contributed by atoms with E-state index in [0.717, 1.165) is 24.7 Å². The van der Waals surface area contributed by atoms with Gasteiger partial charge >= 0.3 is 0 Å². The van der Waals surface area contributed by atoms with Gasteiger partial charge in [-0.05, 0) is 24.7 Å². The van der Waals surface area contributed by atoms with Gasteiger partial charge in [0.2, 0.25) is 0 Å². The minimum Gasteiger partial charge on any atom is -0.393 e. The molecule has 1 aromatic rings. The van der Waals surface area contributed by atoms with Crippen molar-refractivity contribution in [3.05, 3.63) is 6.33 Å². The summed E-state index contributed by atoms with van der Waals surface area (Å²) in [6, 6.07) is 0.487. The van der Waals surface area contributed by atoms with Gasteiger partial charge in [0.15, 0.2) is 11.6 Å². The first-order valence-electron chi connectivity index (χ1n) is 9.59. The van der Waals surface area contributed by atoms with Crippen molar-refractivity contribution in [1.82, 2.24) is 9.97 Å². The lowest BCUT2D eigenvalue weighted by molar-refractivity contribution is 0.549. The molecule has 1 fully saturated rings. The number of nitrogens with one attached hydrogen (secondary N) is 1. The van der Waals surface area contributed by atoms with Gasteiger partial charge in [0.05, 0.1) is 0 Å². The molecule has 24 heavy (non-hydrogen) atoms. The van der Waals surface area contributed by atoms with Gasteiger partial charge < -0.3 is 16.0 Å². The lowest BCUT2D eigenvalue weighted by atomic mass is 10.1. The Morgan fingerprint density at radius 2 is 1.62 bits per heavy atom. The number of nitrogens with zero attached hydrogens (tertiary/aromatic N) is 3. The fourth-order valence-electron chi connectivity index (χ4n) is 3.50. The Morgan fingerprint density at radius 3 is 2.17 bits per heavy atom. The van der Waals surface area contributed by atoms with Crippen LogP contribution < -0.4 is 16.0 Å². The van der Waals surface area contributed by atoms with Crippen molar-refractivity contribution in [3.8, 4) is 0 Å². The number of nitrogen functional groups attached to an aromatic ring is 1. The quantitative estimate of drug-likeness (QED) is 0.728. The monoisotopic (exact) mass is 333 g/mol. The van der Waals surface area contributed by atoms with Crippen molar-refractivity contribution in [2.75, 3.05) is 29.0 Å². The molecule has 0 atom stereocenters. The molecule has 1 aromatic heterocycles. The molecular formula is C19H35N5. The Kier molecular flexibility index (Phi) is 7.13. The van der Waals surface area contributed by atoms with E-state index < -0.39 is 0 Å². The summed E-state index contributed by atoms with van der Waals surface area (Å²) < 4.78 is 0. The molecule has 0 saturated heterocycles. The van der Waals surface area contributed by atoms with E-state index in [4.69, 9.17) is 5.73 Å². The maximum absolute atomic E-state index is 6.46. The Labute approximate surface area is 147 Å². The first kappa shape index (κ1) is 18.8. The van der Waals surface area contributed by atoms with E-state index in [9.17, 15) is 0 Å². The van der Waals surface area contributed by atoms with Crippen molar-refractivity contribution in [2.45, 2.75) is 72.3 Å². The van der Waals surface area contributed by atoms with Crippen LogP contribution in [0.4, 0.5) is 17.3 Å². The molecule has 0 amide bonds. The van der Waals surface area contributed by atoms with Crippen LogP contribution in [-0.4, -0.2) is 29.1 Å². The SMILES string of the molecule is CC(C)CN(CC(C)C)c1ncnc(NC2CCCCCC2)c1N. The largest absolute Gasteiger partial charge is 0.393 e. The molecule has 0 unspecified atom stereocenters. The van der Waals surface area contributed by atoms with E-state index in [1.807, 2.05) is 0 Å². The maximum atomic E-state index is 6.46. The van der Waals surface area contributed by atoms with E-state index in [1.54, 1.807) is 6.33 Å². The van der Waals surface area contributed by atoms with Gasteiger partial charge in [0, 0.05) is 19.1 Å². The highest BCUT2D eigenvalue weighted by Crippen LogP contribution is 2.29. The Hall–Kier alpha value is -1.52. The molecule has 0 aliphatic heterocycles. The summed E-state index contributed by atoms with van der Waals surface area (Å²) in [5, 5.41) is 3.59. The molecule has 1 heterocycles. The molecule has 1 aliphatic rings. The van der Waals surface area contributed by atoms with E-state index in [-0.39, 0.29) is 0 Å². The summed E-state index contributed by atoms with van der Waals surface area (Å²) in [4.78, 5) is 11.2. The third-order valence-electron chi connectivity index (χ3n) is 4.53. The van der Waals surface area contributed by atoms with Crippen molar-refractivity contribution in [1.29, 1.82) is 0 Å². The van der Waals surface area contributed by atoms with E-state index in [0.29, 0.717) is 23.6 Å². The molecule has 0 aromatic carbocycles. The summed E-state index contributed by atoms with van der Waals surface area (Å²) in [6.07, 6.45) is 9.35. The summed E-state index contributed by atoms with van der Waals surface area (Å²) in [5.74, 6) is 2.82. The number of nitrogens with two attached hydrogens (primary N) is 1. The number of hydrogen-bond donors (Lipinski definition) is 2. The number of anilines is 3. The fraction of sp³-hybridized carbons (Fsp3) is 0.789. The lowest BCUT2D eigenvalue weighted by Crippen LogP contribution is -2.33. The third kappa shape index (κ3) is 5.53. The number of rotatable bonds is 7. The van der Waals surface area contributed by atoms with E-state index in [1.165, 1.54) is 38.5 Å². The van der Waals surface area contributed by atoms with Gasteiger partial charge in [0.25, 0.3) is 0 Å². The molecular weight excluding hydrogens is 298 g/mol. The molecule has 1 aliphatic carbocycles. The third-order valence-corrected chi connectivity index (χ3v) is 4.53. The molecule has 2 rings (SSSR count). The molecule has 5 nitrogen and oxygen atoms in total. The highest BCUT2D eigenvalue weighted by atomic mass is 15.2. The minimum atomic E-state index is 0.487. The predicted octanol–water partition coefficient (Wildman–Crippen LogP) is 4.31. The van der Waals surface area contributed by atoms with Gasteiger partial charge in [-0.2, -0.15) is 0 Å². The molecule has 0 radical (unpaired) electrons. The van der Waals surface area contributed by atoms with Gasteiger partial charge in [-0.1, -0.05) is 53.4 Å². The Balaban J connectivity index is 2.17. The Morgan fingerprint density at radius 1 is 1.04 bits per heavy atom. The molecule has 0 bridgehead atoms. The topological polar surface area (TPSA) is 67.1 Å². The minimum absolute atomic E-state index is 0.487. The Bertz CT molecular complexity index is 483. The fourth-order valence-corrected chi connectivity index (χ4v) is 3.50. The second-order valence-corrected chi connectivity index (χ2v) is 7.99. The zero-order valence-electron chi connectivity index (χ0n) is 15.9. The second kappa shape index (κ2) is 9.09. The second-order valence-electron chi connectivity index (χ2n) is 7.99. The van der Waals surface area contributed by atoms with Crippen molar-refractivity contribution in [2.24, 2.45) is 11.8 Å². The first-order chi connectivity index (χ1) is 11.5. The highest BCUT2D eigenvalue weighted by molar-refractivity contribution is 5.75. The normalized spacial score (nSPS) is 16.4. The van der Waals surface area contributed by atoms with Crippen LogP contribution in [0, 0.1) is 11.8 Å². The molecule has 0 spiro atoms. The van der Waals surface area contributed by atoms with Gasteiger partial charge in [-0.25, -0.2) is 9.97 Å². The van der Waals surface area contributed by atoms with Crippen LogP contribution in [0.25, 0.3) is 0 Å². The van der Waals surface area contributed by atoms with E-state index in [2.05, 4.69) is 47.9 Å². The van der Waals surface area contributed by atoms with Crippen LogP contribution in [0.15, 0.2) is 6.33 Å². The summed E-state index contributed by atoms with van der Waals surface area (Å²) >= 11 is 0. The van der Waals surface area contributed by atoms with Crippen molar-refractivity contribution < 1.29 is 0 Å². The molecule has 5 heteroatoms. The van der Waals surface area contributed by atoms with Crippen LogP contribution in [0.3, 0.4) is 0 Å². The number of hydrogen-bond acceptors (Lipinski definition) is 5. The van der Waals surface area contributed by atoms with Crippen molar-refractivity contribution in [3.63, 3.8) is 0 Å². The average molecular weight is 334 g/mol. The lowest BCUT2D eigenvalue weighted by Gasteiger charge is -2.29. The van der Waals surface area contributed by atoms with Crippen molar-refractivity contribution >= 4 is 17.3 Å². The van der Waals surface area contributed by atoms with Crippen LogP contribution in [0.2, 0.25) is 0 Å². The van der Waals surface area contributed by atoms with Crippen LogP contribution in [0.5, 0.6) is 0 Å². The van der Waals surface area contributed by atoms with Crippen LogP contribution in [0.1, 0.15) is 66.2 Å². The zero-order valence-corrected chi connectivity index (χ0v) is 15.9. The van der Waals surface area contributed by atoms with Crippen LogP contribution in [-0.2, 0) is 0 Å². The predicted molar refractivity (Wildman–Crippen MR) is 103 cm³/mol. The average Bonchev–Trinajstić information content (AvgIpc) is 2.76. The van der Waals surface area contributed by atoms with Crippen LogP contribution >= 0.6 is 0 Å². The summed E-state index contributed by atoms with van der Waals surface area (Å²) in [7, 11) is 0. The number of aromatic nitrogens is 2. The molecule has 136 valence electrons. The summed E-state index contributed by atoms with van der Waals surface area (Å²) in [6.45, 7) is 10.8.